The van der Waals surface area contributed by atoms with Crippen LogP contribution in [-0.4, -0.2) is 17.4 Å². The van der Waals surface area contributed by atoms with Gasteiger partial charge in [0, 0.05) is 17.8 Å². The number of hydrogen-bond acceptors (Lipinski definition) is 4. The Morgan fingerprint density at radius 2 is 2.40 bits per heavy atom. The number of amides is 1. The molecule has 4 nitrogen and oxygen atoms in total. The van der Waals surface area contributed by atoms with Crippen LogP contribution in [0.5, 0.6) is 0 Å². The smallest absolute Gasteiger partial charge is 0.230 e. The number of aryl methyl sites for hydroxylation is 1. The quantitative estimate of drug-likeness (QED) is 0.853. The molecule has 0 aliphatic rings. The van der Waals surface area contributed by atoms with Crippen molar-refractivity contribution in [3.05, 3.63) is 11.1 Å². The van der Waals surface area contributed by atoms with Gasteiger partial charge in [-0.2, -0.15) is 0 Å². The van der Waals surface area contributed by atoms with Crippen molar-refractivity contribution in [3.63, 3.8) is 0 Å². The number of nitrogens with one attached hydrogen (secondary N) is 1. The van der Waals surface area contributed by atoms with E-state index in [2.05, 4.69) is 10.3 Å². The highest BCUT2D eigenvalue weighted by molar-refractivity contribution is 7.13. The first-order valence-electron chi connectivity index (χ1n) is 4.62. The Morgan fingerprint density at radius 3 is 2.87 bits per heavy atom. The minimum Gasteiger partial charge on any atom is -0.330 e. The second-order valence-electron chi connectivity index (χ2n) is 3.12. The Labute approximate surface area is 99.7 Å². The second-order valence-corrected chi connectivity index (χ2v) is 3.98. The van der Waals surface area contributed by atoms with Gasteiger partial charge in [-0.25, -0.2) is 4.98 Å². The molecule has 0 aliphatic carbocycles. The van der Waals surface area contributed by atoms with E-state index in [9.17, 15) is 4.79 Å². The molecular formula is C9H16ClN3OS. The van der Waals surface area contributed by atoms with Crippen LogP contribution >= 0.6 is 23.7 Å². The maximum Gasteiger partial charge on any atom is 0.230 e. The molecule has 6 heteroatoms. The highest BCUT2D eigenvalue weighted by Crippen LogP contribution is 2.16. The van der Waals surface area contributed by atoms with Crippen LogP contribution in [0.25, 0.3) is 0 Å². The van der Waals surface area contributed by atoms with E-state index >= 15 is 0 Å². The first kappa shape index (κ1) is 14.3. The van der Waals surface area contributed by atoms with Crippen LogP contribution in [0, 0.1) is 5.92 Å². The minimum atomic E-state index is -0.163. The lowest BCUT2D eigenvalue weighted by atomic mass is 10.2. The molecule has 1 unspecified atom stereocenters. The fourth-order valence-electron chi connectivity index (χ4n) is 0.862. The van der Waals surface area contributed by atoms with Crippen molar-refractivity contribution in [2.75, 3.05) is 11.9 Å². The number of nitrogens with two attached hydrogens (primary N) is 1. The molecule has 0 radical (unpaired) electrons. The molecule has 3 N–H and O–H groups in total. The van der Waals surface area contributed by atoms with Crippen LogP contribution in [0.2, 0.25) is 0 Å². The summed E-state index contributed by atoms with van der Waals surface area (Å²) in [5.74, 6) is -0.228. The van der Waals surface area contributed by atoms with E-state index in [-0.39, 0.29) is 24.2 Å². The second kappa shape index (κ2) is 6.76. The molecule has 0 saturated carbocycles. The maximum absolute atomic E-state index is 11.4. The number of anilines is 1. The number of aromatic nitrogens is 1. The van der Waals surface area contributed by atoms with Crippen molar-refractivity contribution in [3.8, 4) is 0 Å². The summed E-state index contributed by atoms with van der Waals surface area (Å²) >= 11 is 1.45. The van der Waals surface area contributed by atoms with E-state index in [1.165, 1.54) is 11.3 Å². The topological polar surface area (TPSA) is 68.0 Å². The van der Waals surface area contributed by atoms with Crippen molar-refractivity contribution < 1.29 is 4.79 Å². The molecule has 15 heavy (non-hydrogen) atoms. The summed E-state index contributed by atoms with van der Waals surface area (Å²) in [5, 5.41) is 5.34. The summed E-state index contributed by atoms with van der Waals surface area (Å²) in [4.78, 5) is 15.6. The van der Waals surface area contributed by atoms with Crippen molar-refractivity contribution >= 4 is 34.8 Å². The molecule has 1 rings (SSSR count). The zero-order valence-corrected chi connectivity index (χ0v) is 10.5. The zero-order valence-electron chi connectivity index (χ0n) is 8.82. The number of hydrogen-bond donors (Lipinski definition) is 2. The third kappa shape index (κ3) is 4.15. The molecule has 1 aromatic heterocycles. The van der Waals surface area contributed by atoms with Crippen LogP contribution in [0.4, 0.5) is 5.13 Å². The van der Waals surface area contributed by atoms with E-state index < -0.39 is 0 Å². The van der Waals surface area contributed by atoms with Gasteiger partial charge in [-0.1, -0.05) is 13.8 Å². The monoisotopic (exact) mass is 249 g/mol. The molecule has 0 bridgehead atoms. The highest BCUT2D eigenvalue weighted by Gasteiger charge is 2.12. The fourth-order valence-corrected chi connectivity index (χ4v) is 1.66. The van der Waals surface area contributed by atoms with Gasteiger partial charge in [0.1, 0.15) is 0 Å². The van der Waals surface area contributed by atoms with Gasteiger partial charge in [0.25, 0.3) is 0 Å². The summed E-state index contributed by atoms with van der Waals surface area (Å²) in [7, 11) is 0. The summed E-state index contributed by atoms with van der Waals surface area (Å²) in [6.45, 7) is 4.19. The lowest BCUT2D eigenvalue weighted by Crippen LogP contribution is -2.26. The van der Waals surface area contributed by atoms with Crippen LogP contribution in [0.3, 0.4) is 0 Å². The van der Waals surface area contributed by atoms with Gasteiger partial charge in [0.2, 0.25) is 5.91 Å². The average molecular weight is 250 g/mol. The van der Waals surface area contributed by atoms with Gasteiger partial charge >= 0.3 is 0 Å². The Kier molecular flexibility index (Phi) is 6.47. The molecule has 86 valence electrons. The molecular weight excluding hydrogens is 234 g/mol. The molecule has 1 heterocycles. The highest BCUT2D eigenvalue weighted by atomic mass is 35.5. The van der Waals surface area contributed by atoms with Gasteiger partial charge in [-0.15, -0.1) is 23.7 Å². The van der Waals surface area contributed by atoms with Crippen molar-refractivity contribution in [2.24, 2.45) is 11.7 Å². The molecule has 0 fully saturated rings. The van der Waals surface area contributed by atoms with Gasteiger partial charge in [-0.3, -0.25) is 4.79 Å². The summed E-state index contributed by atoms with van der Waals surface area (Å²) in [5.41, 5.74) is 6.39. The zero-order chi connectivity index (χ0) is 10.6. The van der Waals surface area contributed by atoms with Gasteiger partial charge in [0.15, 0.2) is 5.13 Å². The lowest BCUT2D eigenvalue weighted by Gasteiger charge is -2.06. The number of nitrogens with zero attached hydrogens (tertiary/aromatic N) is 1. The standard InChI is InChI=1S/C9H15N3OS.ClH/c1-3-7-5-14-9(11-7)12-8(13)6(2)4-10;/h5-6H,3-4,10H2,1-2H3,(H,11,12,13);1H. The Morgan fingerprint density at radius 1 is 1.73 bits per heavy atom. The molecule has 0 aliphatic heterocycles. The summed E-state index contributed by atoms with van der Waals surface area (Å²) < 4.78 is 0. The predicted octanol–water partition coefficient (Wildman–Crippen LogP) is 1.66. The van der Waals surface area contributed by atoms with E-state index in [0.29, 0.717) is 11.7 Å². The van der Waals surface area contributed by atoms with E-state index in [1.807, 2.05) is 12.3 Å². The van der Waals surface area contributed by atoms with Crippen LogP contribution in [0.15, 0.2) is 5.38 Å². The molecule has 1 aromatic rings. The minimum absolute atomic E-state index is 0. The number of halogens is 1. The van der Waals surface area contributed by atoms with E-state index in [4.69, 9.17) is 5.73 Å². The van der Waals surface area contributed by atoms with Gasteiger partial charge in [0.05, 0.1) is 5.69 Å². The molecule has 0 saturated heterocycles. The van der Waals surface area contributed by atoms with Crippen LogP contribution in [0.1, 0.15) is 19.5 Å². The first-order chi connectivity index (χ1) is 6.67. The fraction of sp³-hybridized carbons (Fsp3) is 0.556. The molecule has 1 atom stereocenters. The number of rotatable bonds is 4. The van der Waals surface area contributed by atoms with Gasteiger partial charge in [-0.05, 0) is 6.42 Å². The van der Waals surface area contributed by atoms with Crippen LogP contribution < -0.4 is 11.1 Å². The van der Waals surface area contributed by atoms with Crippen molar-refractivity contribution in [1.29, 1.82) is 0 Å². The number of thiazole rings is 1. The van der Waals surface area contributed by atoms with Crippen LogP contribution in [-0.2, 0) is 11.2 Å². The SMILES string of the molecule is CCc1csc(NC(=O)C(C)CN)n1.Cl. The largest absolute Gasteiger partial charge is 0.330 e. The molecule has 1 amide bonds. The summed E-state index contributed by atoms with van der Waals surface area (Å²) in [6, 6.07) is 0. The normalized spacial score (nSPS) is 11.7. The van der Waals surface area contributed by atoms with Crippen molar-refractivity contribution in [1.82, 2.24) is 4.98 Å². The lowest BCUT2D eigenvalue weighted by molar-refractivity contribution is -0.119. The molecule has 0 spiro atoms. The summed E-state index contributed by atoms with van der Waals surface area (Å²) in [6.07, 6.45) is 0.888. The Hall–Kier alpha value is -0.650. The first-order valence-corrected chi connectivity index (χ1v) is 5.50. The Balaban J connectivity index is 0.00000196. The Bertz CT molecular complexity index is 316. The number of carbonyl (C=O) groups excluding carboxylic acids is 1. The van der Waals surface area contributed by atoms with Gasteiger partial charge < -0.3 is 11.1 Å². The average Bonchev–Trinajstić information content (AvgIpc) is 2.64. The third-order valence-electron chi connectivity index (χ3n) is 1.95. The maximum atomic E-state index is 11.4. The number of carbonyl (C=O) groups is 1. The predicted molar refractivity (Wildman–Crippen MR) is 65.6 cm³/mol. The van der Waals surface area contributed by atoms with Crippen molar-refractivity contribution in [2.45, 2.75) is 20.3 Å². The molecule has 0 aromatic carbocycles. The van der Waals surface area contributed by atoms with E-state index in [0.717, 1.165) is 12.1 Å². The van der Waals surface area contributed by atoms with E-state index in [1.54, 1.807) is 6.92 Å². The third-order valence-corrected chi connectivity index (χ3v) is 2.75.